The molecule has 31 heavy (non-hydrogen) atoms. The number of nitrogens with one attached hydrogen (secondary N) is 2. The lowest BCUT2D eigenvalue weighted by Gasteiger charge is -2.13. The molecule has 0 radical (unpaired) electrons. The summed E-state index contributed by atoms with van der Waals surface area (Å²) in [5.74, 6) is -0.955. The van der Waals surface area contributed by atoms with E-state index in [0.717, 1.165) is 23.6 Å². The molecule has 2 heterocycles. The predicted molar refractivity (Wildman–Crippen MR) is 118 cm³/mol. The van der Waals surface area contributed by atoms with Crippen molar-refractivity contribution in [2.24, 2.45) is 0 Å². The maximum Gasteiger partial charge on any atom is 0.221 e. The summed E-state index contributed by atoms with van der Waals surface area (Å²) in [6.45, 7) is 1.45. The molecule has 0 spiro atoms. The van der Waals surface area contributed by atoms with Crippen LogP contribution in [0.25, 0.3) is 16.9 Å². The number of anilines is 3. The number of carbonyl (C=O) groups excluding carboxylic acids is 1. The highest BCUT2D eigenvalue weighted by molar-refractivity contribution is 7.90. The summed E-state index contributed by atoms with van der Waals surface area (Å²) in [4.78, 5) is 15.2. The van der Waals surface area contributed by atoms with E-state index in [-0.39, 0.29) is 10.8 Å². The SMILES string of the molecule is CC(=O)Nc1ccc(-c2ccc(Nc3ccc(S(C)(=O)=O)c(F)c3)c3nccn23)cc1. The molecule has 4 aromatic rings. The highest BCUT2D eigenvalue weighted by Gasteiger charge is 2.15. The molecule has 158 valence electrons. The second-order valence-corrected chi connectivity index (χ2v) is 9.04. The van der Waals surface area contributed by atoms with Crippen molar-refractivity contribution in [3.63, 3.8) is 0 Å². The first-order chi connectivity index (χ1) is 14.7. The second-order valence-electron chi connectivity index (χ2n) is 7.05. The van der Waals surface area contributed by atoms with Gasteiger partial charge in [0, 0.05) is 36.9 Å². The van der Waals surface area contributed by atoms with E-state index in [4.69, 9.17) is 0 Å². The Labute approximate surface area is 178 Å². The highest BCUT2D eigenvalue weighted by atomic mass is 32.2. The Morgan fingerprint density at radius 2 is 1.74 bits per heavy atom. The number of fused-ring (bicyclic) bond motifs is 1. The van der Waals surface area contributed by atoms with E-state index in [0.29, 0.717) is 22.7 Å². The number of amides is 1. The van der Waals surface area contributed by atoms with Gasteiger partial charge in [0.05, 0.1) is 11.4 Å². The Morgan fingerprint density at radius 3 is 2.39 bits per heavy atom. The number of halogens is 1. The van der Waals surface area contributed by atoms with Gasteiger partial charge in [-0.2, -0.15) is 0 Å². The summed E-state index contributed by atoms with van der Waals surface area (Å²) in [5.41, 5.74) is 4.17. The van der Waals surface area contributed by atoms with Crippen LogP contribution in [0.4, 0.5) is 21.5 Å². The van der Waals surface area contributed by atoms with Crippen LogP contribution < -0.4 is 10.6 Å². The number of benzene rings is 2. The third-order valence-electron chi connectivity index (χ3n) is 4.66. The Balaban J connectivity index is 1.67. The summed E-state index contributed by atoms with van der Waals surface area (Å²) in [6.07, 6.45) is 4.43. The molecule has 0 saturated heterocycles. The number of sulfone groups is 1. The molecule has 7 nitrogen and oxygen atoms in total. The number of pyridine rings is 1. The lowest BCUT2D eigenvalue weighted by atomic mass is 10.1. The molecule has 0 aliphatic rings. The van der Waals surface area contributed by atoms with Gasteiger partial charge in [-0.05, 0) is 48.0 Å². The molecule has 9 heteroatoms. The van der Waals surface area contributed by atoms with E-state index in [1.807, 2.05) is 47.0 Å². The molecule has 2 aromatic carbocycles. The number of carbonyl (C=O) groups is 1. The fourth-order valence-electron chi connectivity index (χ4n) is 3.31. The van der Waals surface area contributed by atoms with E-state index in [2.05, 4.69) is 15.6 Å². The summed E-state index contributed by atoms with van der Waals surface area (Å²) in [7, 11) is -3.64. The molecular formula is C22H19FN4O3S. The highest BCUT2D eigenvalue weighted by Crippen LogP contribution is 2.29. The van der Waals surface area contributed by atoms with Crippen LogP contribution in [0.1, 0.15) is 6.92 Å². The molecule has 2 aromatic heterocycles. The average molecular weight is 438 g/mol. The summed E-state index contributed by atoms with van der Waals surface area (Å²) >= 11 is 0. The van der Waals surface area contributed by atoms with E-state index in [9.17, 15) is 17.6 Å². The Hall–Kier alpha value is -3.72. The fourth-order valence-corrected chi connectivity index (χ4v) is 4.04. The first kappa shape index (κ1) is 20.5. The minimum atomic E-state index is -3.64. The van der Waals surface area contributed by atoms with Gasteiger partial charge in [0.2, 0.25) is 5.91 Å². The summed E-state index contributed by atoms with van der Waals surface area (Å²) < 4.78 is 39.3. The minimum Gasteiger partial charge on any atom is -0.352 e. The van der Waals surface area contributed by atoms with E-state index in [1.54, 1.807) is 6.20 Å². The summed E-state index contributed by atoms with van der Waals surface area (Å²) in [6, 6.07) is 15.0. The average Bonchev–Trinajstić information content (AvgIpc) is 3.18. The Morgan fingerprint density at radius 1 is 1.03 bits per heavy atom. The number of aromatic nitrogens is 2. The van der Waals surface area contributed by atoms with Gasteiger partial charge in [0.25, 0.3) is 0 Å². The van der Waals surface area contributed by atoms with Gasteiger partial charge >= 0.3 is 0 Å². The fraction of sp³-hybridized carbons (Fsp3) is 0.0909. The van der Waals surface area contributed by atoms with Crippen LogP contribution in [0, 0.1) is 5.82 Å². The molecule has 1 amide bonds. The lowest BCUT2D eigenvalue weighted by molar-refractivity contribution is -0.114. The van der Waals surface area contributed by atoms with Gasteiger partial charge in [-0.1, -0.05) is 12.1 Å². The van der Waals surface area contributed by atoms with Gasteiger partial charge in [-0.25, -0.2) is 17.8 Å². The van der Waals surface area contributed by atoms with Gasteiger partial charge in [0.15, 0.2) is 15.5 Å². The van der Waals surface area contributed by atoms with Gasteiger partial charge in [-0.3, -0.25) is 9.20 Å². The van der Waals surface area contributed by atoms with Crippen LogP contribution in [-0.2, 0) is 14.6 Å². The molecule has 4 rings (SSSR count). The van der Waals surface area contributed by atoms with E-state index >= 15 is 0 Å². The van der Waals surface area contributed by atoms with Crippen molar-refractivity contribution in [1.29, 1.82) is 0 Å². The lowest BCUT2D eigenvalue weighted by Crippen LogP contribution is -2.05. The number of imidazole rings is 1. The summed E-state index contributed by atoms with van der Waals surface area (Å²) in [5, 5.41) is 5.83. The quantitative estimate of drug-likeness (QED) is 0.486. The molecule has 0 aliphatic heterocycles. The smallest absolute Gasteiger partial charge is 0.221 e. The van der Waals surface area contributed by atoms with Gasteiger partial charge in [-0.15, -0.1) is 0 Å². The monoisotopic (exact) mass is 438 g/mol. The molecule has 0 fully saturated rings. The zero-order chi connectivity index (χ0) is 22.2. The van der Waals surface area contributed by atoms with Crippen molar-refractivity contribution in [2.75, 3.05) is 16.9 Å². The van der Waals surface area contributed by atoms with Gasteiger partial charge < -0.3 is 10.6 Å². The van der Waals surface area contributed by atoms with Crippen molar-refractivity contribution < 1.29 is 17.6 Å². The first-order valence-corrected chi connectivity index (χ1v) is 11.2. The maximum absolute atomic E-state index is 14.2. The third kappa shape index (κ3) is 4.26. The maximum atomic E-state index is 14.2. The molecule has 2 N–H and O–H groups in total. The van der Waals surface area contributed by atoms with Crippen LogP contribution in [0.2, 0.25) is 0 Å². The van der Waals surface area contributed by atoms with E-state index < -0.39 is 15.7 Å². The Bertz CT molecular complexity index is 1400. The topological polar surface area (TPSA) is 92.6 Å². The first-order valence-electron chi connectivity index (χ1n) is 9.33. The van der Waals surface area contributed by atoms with Crippen molar-refractivity contribution in [2.45, 2.75) is 11.8 Å². The molecule has 0 bridgehead atoms. The van der Waals surface area contributed by atoms with Crippen molar-refractivity contribution >= 4 is 38.5 Å². The van der Waals surface area contributed by atoms with E-state index in [1.165, 1.54) is 19.1 Å². The number of nitrogens with zero attached hydrogens (tertiary/aromatic N) is 2. The normalized spacial score (nSPS) is 11.5. The number of rotatable bonds is 5. The molecule has 0 aliphatic carbocycles. The van der Waals surface area contributed by atoms with Crippen LogP contribution in [0.15, 0.2) is 71.9 Å². The zero-order valence-electron chi connectivity index (χ0n) is 16.8. The number of hydrogen-bond acceptors (Lipinski definition) is 5. The molecule has 0 saturated carbocycles. The zero-order valence-corrected chi connectivity index (χ0v) is 17.6. The third-order valence-corrected chi connectivity index (χ3v) is 5.79. The van der Waals surface area contributed by atoms with Crippen LogP contribution >= 0.6 is 0 Å². The second kappa shape index (κ2) is 7.84. The van der Waals surface area contributed by atoms with Crippen LogP contribution in [0.3, 0.4) is 0 Å². The number of hydrogen-bond donors (Lipinski definition) is 2. The van der Waals surface area contributed by atoms with Gasteiger partial charge in [0.1, 0.15) is 10.7 Å². The van der Waals surface area contributed by atoms with Crippen molar-refractivity contribution in [3.8, 4) is 11.3 Å². The standard InChI is InChI=1S/C22H19FN4O3S/c1-14(28)25-16-5-3-15(4-6-16)20-9-8-19(22-24-11-12-27(20)22)26-17-7-10-21(18(23)13-17)31(2,29)30/h3-13,26H,1-2H3,(H,25,28). The van der Waals surface area contributed by atoms with Crippen molar-refractivity contribution in [3.05, 3.63) is 72.8 Å². The molecule has 0 atom stereocenters. The molecular weight excluding hydrogens is 419 g/mol. The Kier molecular flexibility index (Phi) is 5.20. The molecule has 0 unspecified atom stereocenters. The van der Waals surface area contributed by atoms with Crippen LogP contribution in [-0.4, -0.2) is 30.0 Å². The van der Waals surface area contributed by atoms with Crippen molar-refractivity contribution in [1.82, 2.24) is 9.38 Å². The van der Waals surface area contributed by atoms with Crippen LogP contribution in [0.5, 0.6) is 0 Å². The predicted octanol–water partition coefficient (Wildman–Crippen LogP) is 4.25. The largest absolute Gasteiger partial charge is 0.352 e. The minimum absolute atomic E-state index is 0.138.